The highest BCUT2D eigenvalue weighted by Gasteiger charge is 2.29. The average Bonchev–Trinajstić information content (AvgIpc) is 2.70. The van der Waals surface area contributed by atoms with Gasteiger partial charge in [0.1, 0.15) is 12.1 Å². The van der Waals surface area contributed by atoms with E-state index in [-0.39, 0.29) is 30.4 Å². The predicted molar refractivity (Wildman–Crippen MR) is 135 cm³/mol. The van der Waals surface area contributed by atoms with Gasteiger partial charge in [0.15, 0.2) is 11.5 Å². The first kappa shape index (κ1) is 31.1. The van der Waals surface area contributed by atoms with E-state index < -0.39 is 46.3 Å². The Morgan fingerprint density at radius 3 is 1.72 bits per heavy atom. The first-order valence-corrected chi connectivity index (χ1v) is 12.0. The maximum atomic E-state index is 12.5. The number of hydrogen-bond donors (Lipinski definition) is 2. The third kappa shape index (κ3) is 9.97. The number of carbonyl (C=O) groups is 4. The molecule has 9 nitrogen and oxygen atoms in total. The summed E-state index contributed by atoms with van der Waals surface area (Å²) in [5.74, 6) is -2.42. The lowest BCUT2D eigenvalue weighted by Crippen LogP contribution is -2.43. The Kier molecular flexibility index (Phi) is 10.2. The molecule has 0 spiro atoms. The van der Waals surface area contributed by atoms with Crippen molar-refractivity contribution in [1.29, 1.82) is 0 Å². The van der Waals surface area contributed by atoms with Crippen LogP contribution in [0.3, 0.4) is 0 Å². The van der Waals surface area contributed by atoms with E-state index in [4.69, 9.17) is 14.2 Å². The number of esters is 3. The van der Waals surface area contributed by atoms with Crippen molar-refractivity contribution in [3.8, 4) is 11.5 Å². The second kappa shape index (κ2) is 11.9. The maximum absolute atomic E-state index is 12.5. The molecule has 0 aliphatic rings. The SMILES string of the molecule is CC(CN[C@@H](Cc1ccc(OC(=O)C(C)(C)C)c(OC(=O)C(C)(C)C)c1)C(=O)O)OC(=O)C(C)(C)C. The lowest BCUT2D eigenvalue weighted by Gasteiger charge is -2.23. The first-order chi connectivity index (χ1) is 16.2. The molecule has 1 rings (SSSR count). The number of carboxylic acid groups (broad SMARTS) is 1. The van der Waals surface area contributed by atoms with Crippen molar-refractivity contribution in [2.45, 2.75) is 87.8 Å². The third-order valence-corrected chi connectivity index (χ3v) is 4.95. The molecule has 0 aromatic heterocycles. The summed E-state index contributed by atoms with van der Waals surface area (Å²) in [5.41, 5.74) is -1.72. The lowest BCUT2D eigenvalue weighted by molar-refractivity contribution is -0.157. The van der Waals surface area contributed by atoms with Crippen LogP contribution in [0.25, 0.3) is 0 Å². The number of rotatable bonds is 9. The fourth-order valence-electron chi connectivity index (χ4n) is 2.54. The molecule has 1 aromatic rings. The van der Waals surface area contributed by atoms with E-state index in [0.29, 0.717) is 5.56 Å². The summed E-state index contributed by atoms with van der Waals surface area (Å²) in [4.78, 5) is 48.9. The highest BCUT2D eigenvalue weighted by Crippen LogP contribution is 2.33. The van der Waals surface area contributed by atoms with Crippen molar-refractivity contribution >= 4 is 23.9 Å². The van der Waals surface area contributed by atoms with Gasteiger partial charge in [0.2, 0.25) is 0 Å². The van der Waals surface area contributed by atoms with Crippen molar-refractivity contribution in [1.82, 2.24) is 5.32 Å². The fraction of sp³-hybridized carbons (Fsp3) is 0.630. The van der Waals surface area contributed by atoms with E-state index >= 15 is 0 Å². The molecule has 0 radical (unpaired) electrons. The molecule has 9 heteroatoms. The van der Waals surface area contributed by atoms with Gasteiger partial charge < -0.3 is 24.6 Å². The third-order valence-electron chi connectivity index (χ3n) is 4.95. The number of benzene rings is 1. The molecule has 2 N–H and O–H groups in total. The van der Waals surface area contributed by atoms with Gasteiger partial charge in [-0.3, -0.25) is 19.2 Å². The molecule has 0 amide bonds. The maximum Gasteiger partial charge on any atom is 0.321 e. The first-order valence-electron chi connectivity index (χ1n) is 12.0. The summed E-state index contributed by atoms with van der Waals surface area (Å²) in [6.45, 7) is 17.2. The summed E-state index contributed by atoms with van der Waals surface area (Å²) >= 11 is 0. The number of aliphatic carboxylic acids is 1. The Balaban J connectivity index is 3.11. The van der Waals surface area contributed by atoms with E-state index in [1.165, 1.54) is 12.1 Å². The Bertz CT molecular complexity index is 963. The van der Waals surface area contributed by atoms with Crippen LogP contribution < -0.4 is 14.8 Å². The summed E-state index contributed by atoms with van der Waals surface area (Å²) < 4.78 is 16.4. The van der Waals surface area contributed by atoms with Gasteiger partial charge >= 0.3 is 23.9 Å². The standard InChI is InChI=1S/C27H41NO8/c1-16(34-22(31)25(2,3)4)15-28-18(21(29)30)13-17-11-12-19(35-23(32)26(5,6)7)20(14-17)36-24(33)27(8,9)10/h11-12,14,16,18,28H,13,15H2,1-10H3,(H,29,30)/t16?,18-/m0/s1. The lowest BCUT2D eigenvalue weighted by atomic mass is 9.97. The Hall–Kier alpha value is -2.94. The Morgan fingerprint density at radius 1 is 0.806 bits per heavy atom. The molecule has 0 heterocycles. The Labute approximate surface area is 213 Å². The van der Waals surface area contributed by atoms with Crippen LogP contribution in [0.5, 0.6) is 11.5 Å². The van der Waals surface area contributed by atoms with Gasteiger partial charge in [-0.2, -0.15) is 0 Å². The fourth-order valence-corrected chi connectivity index (χ4v) is 2.54. The van der Waals surface area contributed by atoms with Crippen molar-refractivity contribution in [2.24, 2.45) is 16.2 Å². The van der Waals surface area contributed by atoms with Gasteiger partial charge in [-0.05, 0) is 93.4 Å². The molecule has 0 saturated carbocycles. The zero-order valence-electron chi connectivity index (χ0n) is 23.1. The van der Waals surface area contributed by atoms with Crippen LogP contribution >= 0.6 is 0 Å². The molecule has 0 aliphatic heterocycles. The largest absolute Gasteiger partial charge is 0.480 e. The van der Waals surface area contributed by atoms with Gasteiger partial charge in [0.05, 0.1) is 16.2 Å². The van der Waals surface area contributed by atoms with Gasteiger partial charge in [-0.15, -0.1) is 0 Å². The van der Waals surface area contributed by atoms with Gasteiger partial charge in [0.25, 0.3) is 0 Å². The van der Waals surface area contributed by atoms with E-state index in [1.54, 1.807) is 75.3 Å². The summed E-state index contributed by atoms with van der Waals surface area (Å²) in [5, 5.41) is 12.6. The van der Waals surface area contributed by atoms with Gasteiger partial charge in [-0.1, -0.05) is 6.07 Å². The highest BCUT2D eigenvalue weighted by molar-refractivity contribution is 5.81. The van der Waals surface area contributed by atoms with E-state index in [1.807, 2.05) is 0 Å². The highest BCUT2D eigenvalue weighted by atomic mass is 16.6. The molecule has 1 unspecified atom stereocenters. The van der Waals surface area contributed by atoms with Gasteiger partial charge in [-0.25, -0.2) is 0 Å². The smallest absolute Gasteiger partial charge is 0.321 e. The molecule has 202 valence electrons. The second-order valence-corrected chi connectivity index (χ2v) is 12.0. The zero-order valence-corrected chi connectivity index (χ0v) is 23.1. The minimum atomic E-state index is -1.10. The topological polar surface area (TPSA) is 128 Å². The summed E-state index contributed by atoms with van der Waals surface area (Å²) in [7, 11) is 0. The van der Waals surface area contributed by atoms with Crippen LogP contribution in [-0.4, -0.2) is 47.7 Å². The van der Waals surface area contributed by atoms with Crippen LogP contribution in [0.4, 0.5) is 0 Å². The number of ether oxygens (including phenoxy) is 3. The molecule has 0 fully saturated rings. The number of carboxylic acids is 1. The molecule has 36 heavy (non-hydrogen) atoms. The number of nitrogens with one attached hydrogen (secondary N) is 1. The van der Waals surface area contributed by atoms with E-state index in [2.05, 4.69) is 5.32 Å². The van der Waals surface area contributed by atoms with Crippen molar-refractivity contribution in [2.75, 3.05) is 6.54 Å². The molecule has 1 aromatic carbocycles. The Morgan fingerprint density at radius 2 is 1.28 bits per heavy atom. The quantitative estimate of drug-likeness (QED) is 0.374. The van der Waals surface area contributed by atoms with Gasteiger partial charge in [0, 0.05) is 6.54 Å². The minimum absolute atomic E-state index is 0.0293. The zero-order chi connectivity index (χ0) is 28.1. The summed E-state index contributed by atoms with van der Waals surface area (Å²) in [6.07, 6.45) is -0.496. The molecular formula is C27H41NO8. The van der Waals surface area contributed by atoms with Crippen molar-refractivity contribution in [3.05, 3.63) is 23.8 Å². The van der Waals surface area contributed by atoms with Crippen LogP contribution in [0, 0.1) is 16.2 Å². The summed E-state index contributed by atoms with van der Waals surface area (Å²) in [6, 6.07) is 3.59. The van der Waals surface area contributed by atoms with E-state index in [9.17, 15) is 24.3 Å². The predicted octanol–water partition coefficient (Wildman–Crippen LogP) is 4.15. The monoisotopic (exact) mass is 507 g/mol. The number of carbonyl (C=O) groups excluding carboxylic acids is 3. The number of hydrogen-bond acceptors (Lipinski definition) is 8. The van der Waals surface area contributed by atoms with Crippen LogP contribution in [-0.2, 0) is 30.3 Å². The molecular weight excluding hydrogens is 466 g/mol. The molecule has 0 bridgehead atoms. The van der Waals surface area contributed by atoms with Crippen LogP contribution in [0.15, 0.2) is 18.2 Å². The van der Waals surface area contributed by atoms with Crippen LogP contribution in [0.2, 0.25) is 0 Å². The average molecular weight is 508 g/mol. The van der Waals surface area contributed by atoms with Crippen molar-refractivity contribution in [3.63, 3.8) is 0 Å². The molecule has 0 saturated heterocycles. The molecule has 2 atom stereocenters. The molecule has 0 aliphatic carbocycles. The van der Waals surface area contributed by atoms with Crippen molar-refractivity contribution < 1.29 is 38.5 Å². The minimum Gasteiger partial charge on any atom is -0.480 e. The van der Waals surface area contributed by atoms with E-state index in [0.717, 1.165) is 0 Å². The van der Waals surface area contributed by atoms with Crippen LogP contribution in [0.1, 0.15) is 74.8 Å². The normalized spacial score (nSPS) is 13.9. The second-order valence-electron chi connectivity index (χ2n) is 12.0.